The zero-order valence-corrected chi connectivity index (χ0v) is 8.91. The van der Waals surface area contributed by atoms with E-state index in [0.717, 1.165) is 0 Å². The molecular weight excluding hydrogens is 182 g/mol. The highest BCUT2D eigenvalue weighted by Crippen LogP contribution is 2.23. The standard InChI is InChI=1S/C10H17NO3/c1-10(2,3)9(14)11-5-4-7(6-11)8(12)13/h7H,4-6H2,1-3H3,(H,12,13). The summed E-state index contributed by atoms with van der Waals surface area (Å²) in [6.45, 7) is 6.49. The van der Waals surface area contributed by atoms with Crippen molar-refractivity contribution in [2.24, 2.45) is 11.3 Å². The minimum absolute atomic E-state index is 0.0428. The van der Waals surface area contributed by atoms with Gasteiger partial charge in [0.2, 0.25) is 5.91 Å². The number of amides is 1. The summed E-state index contributed by atoms with van der Waals surface area (Å²) < 4.78 is 0. The summed E-state index contributed by atoms with van der Waals surface area (Å²) in [4.78, 5) is 24.1. The molecule has 1 atom stereocenters. The Balaban J connectivity index is 2.59. The lowest BCUT2D eigenvalue weighted by molar-refractivity contribution is -0.142. The SMILES string of the molecule is CC(C)(C)C(=O)N1CCC(C(=O)O)C1. The van der Waals surface area contributed by atoms with E-state index in [1.807, 2.05) is 20.8 Å². The van der Waals surface area contributed by atoms with E-state index in [0.29, 0.717) is 19.5 Å². The fraction of sp³-hybridized carbons (Fsp3) is 0.800. The molecule has 4 heteroatoms. The first-order chi connectivity index (χ1) is 6.32. The first-order valence-corrected chi connectivity index (χ1v) is 4.84. The lowest BCUT2D eigenvalue weighted by Gasteiger charge is -2.25. The smallest absolute Gasteiger partial charge is 0.308 e. The molecule has 0 saturated carbocycles. The molecule has 0 bridgehead atoms. The van der Waals surface area contributed by atoms with E-state index < -0.39 is 11.4 Å². The van der Waals surface area contributed by atoms with E-state index in [1.54, 1.807) is 4.90 Å². The van der Waals surface area contributed by atoms with Crippen molar-refractivity contribution in [3.8, 4) is 0 Å². The van der Waals surface area contributed by atoms with Crippen LogP contribution in [-0.4, -0.2) is 35.0 Å². The number of hydrogen-bond donors (Lipinski definition) is 1. The second kappa shape index (κ2) is 3.59. The molecule has 0 aromatic carbocycles. The highest BCUT2D eigenvalue weighted by Gasteiger charge is 2.35. The lowest BCUT2D eigenvalue weighted by atomic mass is 9.95. The number of carbonyl (C=O) groups excluding carboxylic acids is 1. The normalized spacial score (nSPS) is 22.5. The van der Waals surface area contributed by atoms with Crippen molar-refractivity contribution < 1.29 is 14.7 Å². The molecule has 1 saturated heterocycles. The Hall–Kier alpha value is -1.06. The van der Waals surface area contributed by atoms with Gasteiger partial charge in [0.05, 0.1) is 5.92 Å². The van der Waals surface area contributed by atoms with Crippen molar-refractivity contribution in [1.29, 1.82) is 0 Å². The van der Waals surface area contributed by atoms with Crippen LogP contribution in [0.5, 0.6) is 0 Å². The molecule has 80 valence electrons. The Bertz CT molecular complexity index is 255. The molecule has 1 aliphatic rings. The van der Waals surface area contributed by atoms with Crippen LogP contribution < -0.4 is 0 Å². The average molecular weight is 199 g/mol. The number of carbonyl (C=O) groups is 2. The van der Waals surface area contributed by atoms with Crippen molar-refractivity contribution >= 4 is 11.9 Å². The van der Waals surface area contributed by atoms with Gasteiger partial charge in [0, 0.05) is 18.5 Å². The van der Waals surface area contributed by atoms with Crippen molar-refractivity contribution in [3.63, 3.8) is 0 Å². The van der Waals surface area contributed by atoms with E-state index in [9.17, 15) is 9.59 Å². The van der Waals surface area contributed by atoms with E-state index in [2.05, 4.69) is 0 Å². The minimum atomic E-state index is -0.797. The molecule has 1 N–H and O–H groups in total. The Morgan fingerprint density at radius 1 is 1.36 bits per heavy atom. The van der Waals surface area contributed by atoms with Crippen LogP contribution in [0.4, 0.5) is 0 Å². The summed E-state index contributed by atoms with van der Waals surface area (Å²) in [5.41, 5.74) is -0.409. The maximum atomic E-state index is 11.8. The van der Waals surface area contributed by atoms with E-state index in [-0.39, 0.29) is 11.8 Å². The first kappa shape index (κ1) is 11.0. The van der Waals surface area contributed by atoms with Gasteiger partial charge in [0.1, 0.15) is 0 Å². The third-order valence-corrected chi connectivity index (χ3v) is 2.47. The molecule has 1 amide bonds. The number of aliphatic carboxylic acids is 1. The minimum Gasteiger partial charge on any atom is -0.481 e. The molecule has 0 aromatic rings. The maximum Gasteiger partial charge on any atom is 0.308 e. The van der Waals surface area contributed by atoms with Crippen LogP contribution in [0.2, 0.25) is 0 Å². The number of likely N-dealkylation sites (tertiary alicyclic amines) is 1. The maximum absolute atomic E-state index is 11.8. The highest BCUT2D eigenvalue weighted by atomic mass is 16.4. The summed E-state index contributed by atoms with van der Waals surface area (Å²) in [5.74, 6) is -1.13. The number of hydrogen-bond acceptors (Lipinski definition) is 2. The Morgan fingerprint density at radius 2 is 1.93 bits per heavy atom. The third-order valence-electron chi connectivity index (χ3n) is 2.47. The highest BCUT2D eigenvalue weighted by molar-refractivity contribution is 5.83. The van der Waals surface area contributed by atoms with Gasteiger partial charge in [-0.15, -0.1) is 0 Å². The Kier molecular flexibility index (Phi) is 2.83. The van der Waals surface area contributed by atoms with Crippen molar-refractivity contribution in [1.82, 2.24) is 4.90 Å². The first-order valence-electron chi connectivity index (χ1n) is 4.84. The molecular formula is C10H17NO3. The summed E-state index contributed by atoms with van der Waals surface area (Å²) in [6.07, 6.45) is 0.581. The zero-order valence-electron chi connectivity index (χ0n) is 8.91. The molecule has 1 unspecified atom stereocenters. The Morgan fingerprint density at radius 3 is 2.29 bits per heavy atom. The summed E-state index contributed by atoms with van der Waals surface area (Å²) >= 11 is 0. The van der Waals surface area contributed by atoms with Gasteiger partial charge in [0.25, 0.3) is 0 Å². The van der Waals surface area contributed by atoms with Gasteiger partial charge in [0.15, 0.2) is 0 Å². The van der Waals surface area contributed by atoms with Crippen molar-refractivity contribution in [2.75, 3.05) is 13.1 Å². The molecule has 1 heterocycles. The van der Waals surface area contributed by atoms with Crippen LogP contribution in [0.25, 0.3) is 0 Å². The van der Waals surface area contributed by atoms with Crippen LogP contribution in [0.3, 0.4) is 0 Å². The third kappa shape index (κ3) is 2.25. The second-order valence-electron chi connectivity index (χ2n) is 4.83. The molecule has 4 nitrogen and oxygen atoms in total. The van der Waals surface area contributed by atoms with Crippen LogP contribution >= 0.6 is 0 Å². The van der Waals surface area contributed by atoms with Crippen molar-refractivity contribution in [3.05, 3.63) is 0 Å². The van der Waals surface area contributed by atoms with Crippen LogP contribution in [0.1, 0.15) is 27.2 Å². The summed E-state index contributed by atoms with van der Waals surface area (Å²) in [5, 5.41) is 8.78. The predicted octanol–water partition coefficient (Wildman–Crippen LogP) is 0.966. The fourth-order valence-corrected chi connectivity index (χ4v) is 1.62. The van der Waals surface area contributed by atoms with Gasteiger partial charge >= 0.3 is 5.97 Å². The number of carboxylic acid groups (broad SMARTS) is 1. The Labute approximate surface area is 83.9 Å². The molecule has 1 aliphatic heterocycles. The molecule has 0 radical (unpaired) electrons. The van der Waals surface area contributed by atoms with E-state index in [4.69, 9.17) is 5.11 Å². The van der Waals surface area contributed by atoms with Gasteiger partial charge in [-0.2, -0.15) is 0 Å². The van der Waals surface area contributed by atoms with E-state index in [1.165, 1.54) is 0 Å². The number of carboxylic acids is 1. The molecule has 0 aliphatic carbocycles. The number of nitrogens with zero attached hydrogens (tertiary/aromatic N) is 1. The number of rotatable bonds is 1. The lowest BCUT2D eigenvalue weighted by Crippen LogP contribution is -2.38. The van der Waals surface area contributed by atoms with Crippen LogP contribution in [0, 0.1) is 11.3 Å². The monoisotopic (exact) mass is 199 g/mol. The molecule has 0 spiro atoms. The van der Waals surface area contributed by atoms with Gasteiger partial charge in [-0.05, 0) is 6.42 Å². The van der Waals surface area contributed by atoms with Gasteiger partial charge in [-0.1, -0.05) is 20.8 Å². The van der Waals surface area contributed by atoms with Gasteiger partial charge < -0.3 is 10.0 Å². The van der Waals surface area contributed by atoms with Crippen LogP contribution in [-0.2, 0) is 9.59 Å². The molecule has 1 fully saturated rings. The predicted molar refractivity (Wildman–Crippen MR) is 51.8 cm³/mol. The second-order valence-corrected chi connectivity index (χ2v) is 4.83. The topological polar surface area (TPSA) is 57.6 Å². The zero-order chi connectivity index (χ0) is 10.9. The fourth-order valence-electron chi connectivity index (χ4n) is 1.62. The summed E-state index contributed by atoms with van der Waals surface area (Å²) in [7, 11) is 0. The van der Waals surface area contributed by atoms with Gasteiger partial charge in [-0.3, -0.25) is 9.59 Å². The quantitative estimate of drug-likeness (QED) is 0.684. The van der Waals surface area contributed by atoms with Crippen molar-refractivity contribution in [2.45, 2.75) is 27.2 Å². The van der Waals surface area contributed by atoms with Crippen LogP contribution in [0.15, 0.2) is 0 Å². The van der Waals surface area contributed by atoms with Gasteiger partial charge in [-0.25, -0.2) is 0 Å². The molecule has 1 rings (SSSR count). The largest absolute Gasteiger partial charge is 0.481 e. The molecule has 14 heavy (non-hydrogen) atoms. The molecule has 0 aromatic heterocycles. The summed E-state index contributed by atoms with van der Waals surface area (Å²) in [6, 6.07) is 0. The van der Waals surface area contributed by atoms with E-state index >= 15 is 0 Å². The average Bonchev–Trinajstić information content (AvgIpc) is 2.48.